The van der Waals surface area contributed by atoms with Crippen molar-refractivity contribution in [2.45, 2.75) is 59.3 Å². The normalized spacial score (nSPS) is 12.2. The molecular formula is C27H32O. The topological polar surface area (TPSA) is 20.2 Å². The van der Waals surface area contributed by atoms with E-state index in [1.807, 2.05) is 6.07 Å². The monoisotopic (exact) mass is 372 g/mol. The minimum absolute atomic E-state index is 0.152. The van der Waals surface area contributed by atoms with E-state index < -0.39 is 0 Å². The van der Waals surface area contributed by atoms with Crippen LogP contribution in [0.3, 0.4) is 0 Å². The van der Waals surface area contributed by atoms with Crippen molar-refractivity contribution in [2.24, 2.45) is 0 Å². The second-order valence-electron chi connectivity index (χ2n) is 9.17. The van der Waals surface area contributed by atoms with Crippen molar-refractivity contribution in [3.8, 4) is 5.75 Å². The van der Waals surface area contributed by atoms with E-state index >= 15 is 0 Å². The van der Waals surface area contributed by atoms with Gasteiger partial charge in [-0.15, -0.1) is 0 Å². The zero-order valence-corrected chi connectivity index (χ0v) is 18.2. The molecule has 0 atom stereocenters. The van der Waals surface area contributed by atoms with E-state index in [0.29, 0.717) is 5.75 Å². The molecule has 0 unspecified atom stereocenters. The molecule has 3 aromatic rings. The number of phenolic OH excluding ortho intramolecular Hbond substituents is 1. The molecule has 0 heterocycles. The maximum atomic E-state index is 10.9. The molecule has 146 valence electrons. The summed E-state index contributed by atoms with van der Waals surface area (Å²) in [6.07, 6.45) is 0. The molecule has 0 aliphatic rings. The fourth-order valence-corrected chi connectivity index (χ4v) is 4.25. The predicted molar refractivity (Wildman–Crippen MR) is 119 cm³/mol. The third-order valence-corrected chi connectivity index (χ3v) is 6.17. The first-order valence-corrected chi connectivity index (χ1v) is 10.0. The molecule has 0 saturated carbocycles. The lowest BCUT2D eigenvalue weighted by Gasteiger charge is -2.33. The van der Waals surface area contributed by atoms with E-state index in [2.05, 4.69) is 103 Å². The minimum Gasteiger partial charge on any atom is -0.508 e. The predicted octanol–water partition coefficient (Wildman–Crippen LogP) is 6.97. The van der Waals surface area contributed by atoms with Crippen LogP contribution in [0.5, 0.6) is 5.75 Å². The summed E-state index contributed by atoms with van der Waals surface area (Å²) >= 11 is 0. The highest BCUT2D eigenvalue weighted by Crippen LogP contribution is 2.42. The lowest BCUT2D eigenvalue weighted by Crippen LogP contribution is -2.24. The maximum Gasteiger partial charge on any atom is 0.119 e. The molecule has 0 spiro atoms. The van der Waals surface area contributed by atoms with Gasteiger partial charge in [0.15, 0.2) is 0 Å². The Labute approximate surface area is 170 Å². The van der Waals surface area contributed by atoms with Gasteiger partial charge in [0, 0.05) is 16.4 Å². The Balaban J connectivity index is 2.18. The molecule has 1 nitrogen and oxygen atoms in total. The summed E-state index contributed by atoms with van der Waals surface area (Å²) in [6.45, 7) is 15.3. The Morgan fingerprint density at radius 3 is 1.54 bits per heavy atom. The average Bonchev–Trinajstić information content (AvgIpc) is 2.61. The van der Waals surface area contributed by atoms with Gasteiger partial charge in [-0.1, -0.05) is 93.4 Å². The molecule has 1 heteroatoms. The number of phenols is 1. The summed E-state index contributed by atoms with van der Waals surface area (Å²) in [5.41, 5.74) is 7.91. The van der Waals surface area contributed by atoms with Gasteiger partial charge in [0.2, 0.25) is 0 Å². The third-order valence-electron chi connectivity index (χ3n) is 6.17. The van der Waals surface area contributed by atoms with Crippen LogP contribution in [0, 0.1) is 20.8 Å². The molecule has 0 radical (unpaired) electrons. The van der Waals surface area contributed by atoms with Crippen LogP contribution in [0.2, 0.25) is 0 Å². The van der Waals surface area contributed by atoms with Crippen LogP contribution < -0.4 is 0 Å². The molecule has 0 aromatic heterocycles. The van der Waals surface area contributed by atoms with Crippen molar-refractivity contribution in [2.75, 3.05) is 0 Å². The van der Waals surface area contributed by atoms with E-state index in [1.165, 1.54) is 27.8 Å². The Kier molecular flexibility index (Phi) is 5.14. The maximum absolute atomic E-state index is 10.9. The van der Waals surface area contributed by atoms with Gasteiger partial charge in [-0.3, -0.25) is 0 Å². The molecule has 0 aliphatic carbocycles. The van der Waals surface area contributed by atoms with Crippen molar-refractivity contribution < 1.29 is 5.11 Å². The van der Waals surface area contributed by atoms with Crippen LogP contribution in [-0.4, -0.2) is 5.11 Å². The zero-order valence-electron chi connectivity index (χ0n) is 18.2. The highest BCUT2D eigenvalue weighted by atomic mass is 16.3. The van der Waals surface area contributed by atoms with Crippen molar-refractivity contribution >= 4 is 0 Å². The number of aromatic hydroxyl groups is 1. The van der Waals surface area contributed by atoms with Gasteiger partial charge in [-0.25, -0.2) is 0 Å². The molecular weight excluding hydrogens is 340 g/mol. The lowest BCUT2D eigenvalue weighted by atomic mass is 9.71. The molecule has 0 fully saturated rings. The van der Waals surface area contributed by atoms with Crippen molar-refractivity contribution in [3.05, 3.63) is 99.6 Å². The summed E-state index contributed by atoms with van der Waals surface area (Å²) in [7, 11) is 0. The van der Waals surface area contributed by atoms with Gasteiger partial charge in [0.05, 0.1) is 0 Å². The SMILES string of the molecule is Cc1cccc(C(C)(C)c2cc(C(C)(C)c3cccc(C)c3)c(O)cc2C)c1. The summed E-state index contributed by atoms with van der Waals surface area (Å²) in [4.78, 5) is 0. The number of benzene rings is 3. The molecule has 1 N–H and O–H groups in total. The Bertz CT molecular complexity index is 930. The van der Waals surface area contributed by atoms with Gasteiger partial charge in [-0.2, -0.15) is 0 Å². The number of aryl methyl sites for hydroxylation is 3. The lowest BCUT2D eigenvalue weighted by molar-refractivity contribution is 0.451. The van der Waals surface area contributed by atoms with E-state index in [9.17, 15) is 5.11 Å². The van der Waals surface area contributed by atoms with Crippen molar-refractivity contribution in [1.82, 2.24) is 0 Å². The summed E-state index contributed by atoms with van der Waals surface area (Å²) < 4.78 is 0. The van der Waals surface area contributed by atoms with Crippen LogP contribution in [0.25, 0.3) is 0 Å². The largest absolute Gasteiger partial charge is 0.508 e. The number of rotatable bonds is 4. The van der Waals surface area contributed by atoms with Crippen LogP contribution in [0.15, 0.2) is 60.7 Å². The summed E-state index contributed by atoms with van der Waals surface area (Å²) in [5.74, 6) is 0.368. The van der Waals surface area contributed by atoms with Gasteiger partial charge >= 0.3 is 0 Å². The van der Waals surface area contributed by atoms with Crippen LogP contribution in [0.1, 0.15) is 66.6 Å². The summed E-state index contributed by atoms with van der Waals surface area (Å²) in [6, 6.07) is 21.4. The highest BCUT2D eigenvalue weighted by molar-refractivity contribution is 5.54. The number of hydrogen-bond acceptors (Lipinski definition) is 1. The van der Waals surface area contributed by atoms with Gasteiger partial charge in [-0.05, 0) is 49.1 Å². The molecule has 0 aliphatic heterocycles. The van der Waals surface area contributed by atoms with E-state index in [0.717, 1.165) is 11.1 Å². The average molecular weight is 373 g/mol. The van der Waals surface area contributed by atoms with Gasteiger partial charge in [0.1, 0.15) is 5.75 Å². The van der Waals surface area contributed by atoms with E-state index in [-0.39, 0.29) is 10.8 Å². The van der Waals surface area contributed by atoms with E-state index in [4.69, 9.17) is 0 Å². The van der Waals surface area contributed by atoms with Crippen LogP contribution >= 0.6 is 0 Å². The molecule has 3 rings (SSSR count). The second kappa shape index (κ2) is 7.13. The zero-order chi connectivity index (χ0) is 20.7. The molecule has 3 aromatic carbocycles. The van der Waals surface area contributed by atoms with Gasteiger partial charge < -0.3 is 5.11 Å². The number of hydrogen-bond donors (Lipinski definition) is 1. The quantitative estimate of drug-likeness (QED) is 0.524. The van der Waals surface area contributed by atoms with E-state index in [1.54, 1.807) is 0 Å². The van der Waals surface area contributed by atoms with Crippen LogP contribution in [-0.2, 0) is 10.8 Å². The Hall–Kier alpha value is -2.54. The Morgan fingerprint density at radius 1 is 0.607 bits per heavy atom. The van der Waals surface area contributed by atoms with Crippen LogP contribution in [0.4, 0.5) is 0 Å². The fraction of sp³-hybridized carbons (Fsp3) is 0.333. The summed E-state index contributed by atoms with van der Waals surface area (Å²) in [5, 5.41) is 10.9. The first-order valence-electron chi connectivity index (χ1n) is 10.0. The second-order valence-corrected chi connectivity index (χ2v) is 9.17. The molecule has 0 bridgehead atoms. The highest BCUT2D eigenvalue weighted by Gasteiger charge is 2.31. The smallest absolute Gasteiger partial charge is 0.119 e. The minimum atomic E-state index is -0.290. The third kappa shape index (κ3) is 3.58. The van der Waals surface area contributed by atoms with Crippen molar-refractivity contribution in [3.63, 3.8) is 0 Å². The fourth-order valence-electron chi connectivity index (χ4n) is 4.25. The first kappa shape index (κ1) is 20.2. The first-order chi connectivity index (χ1) is 13.0. The molecule has 28 heavy (non-hydrogen) atoms. The standard InChI is InChI=1S/C27H32O/c1-18-10-8-12-21(14-18)26(4,5)23-17-24(25(28)16-20(23)3)27(6,7)22-13-9-11-19(2)15-22/h8-17,28H,1-7H3. The molecule has 0 saturated heterocycles. The molecule has 0 amide bonds. The van der Waals surface area contributed by atoms with Gasteiger partial charge in [0.25, 0.3) is 0 Å². The van der Waals surface area contributed by atoms with Crippen molar-refractivity contribution in [1.29, 1.82) is 0 Å². The Morgan fingerprint density at radius 2 is 1.07 bits per heavy atom.